The Balaban J connectivity index is 2.23. The molecule has 2 aromatic carbocycles. The number of anilines is 2. The van der Waals surface area contributed by atoms with E-state index in [1.54, 1.807) is 12.1 Å². The molecule has 2 aromatic rings. The average molecular weight is 359 g/mol. The fraction of sp³-hybridized carbons (Fsp3) is 0.300. The third-order valence-corrected chi connectivity index (χ3v) is 4.45. The van der Waals surface area contributed by atoms with Gasteiger partial charge in [0.1, 0.15) is 6.54 Å². The number of benzene rings is 2. The van der Waals surface area contributed by atoms with Gasteiger partial charge in [0.05, 0.1) is 5.69 Å². The molecule has 1 N–H and O–H groups in total. The minimum absolute atomic E-state index is 0.0500. The average Bonchev–Trinajstić information content (AvgIpc) is 2.48. The lowest BCUT2D eigenvalue weighted by Crippen LogP contribution is -2.37. The van der Waals surface area contributed by atoms with E-state index in [2.05, 4.69) is 5.32 Å². The Morgan fingerprint density at radius 1 is 1.00 bits per heavy atom. The summed E-state index contributed by atoms with van der Waals surface area (Å²) in [5.41, 5.74) is 5.41. The van der Waals surface area contributed by atoms with E-state index < -0.39 is 0 Å². The Morgan fingerprint density at radius 2 is 1.60 bits per heavy atom. The van der Waals surface area contributed by atoms with Crippen molar-refractivity contribution in [1.82, 2.24) is 0 Å². The lowest BCUT2D eigenvalue weighted by atomic mass is 10.0. The number of halogens is 1. The minimum atomic E-state index is -0.269. The fourth-order valence-corrected chi connectivity index (χ4v) is 3.14. The summed E-state index contributed by atoms with van der Waals surface area (Å²) in [6, 6.07) is 9.36. The summed E-state index contributed by atoms with van der Waals surface area (Å²) in [5.74, 6) is -0.443. The van der Waals surface area contributed by atoms with Crippen molar-refractivity contribution >= 4 is 34.8 Å². The van der Waals surface area contributed by atoms with Gasteiger partial charge in [-0.3, -0.25) is 9.59 Å². The summed E-state index contributed by atoms with van der Waals surface area (Å²) >= 11 is 6.09. The number of nitrogens with zero attached hydrogens (tertiary/aromatic N) is 1. The molecule has 0 radical (unpaired) electrons. The second-order valence-electron chi connectivity index (χ2n) is 6.36. The van der Waals surface area contributed by atoms with E-state index in [9.17, 15) is 9.59 Å². The molecule has 0 atom stereocenters. The van der Waals surface area contributed by atoms with Crippen LogP contribution in [0.3, 0.4) is 0 Å². The maximum absolute atomic E-state index is 12.4. The fourth-order valence-electron chi connectivity index (χ4n) is 2.96. The number of nitrogens with one attached hydrogen (secondary N) is 1. The van der Waals surface area contributed by atoms with Crippen molar-refractivity contribution in [3.63, 3.8) is 0 Å². The van der Waals surface area contributed by atoms with E-state index in [-0.39, 0.29) is 18.4 Å². The second kappa shape index (κ2) is 7.70. The van der Waals surface area contributed by atoms with Crippen molar-refractivity contribution in [3.05, 3.63) is 57.6 Å². The zero-order chi connectivity index (χ0) is 18.7. The van der Waals surface area contributed by atoms with Crippen LogP contribution in [-0.4, -0.2) is 18.4 Å². The number of carbonyl (C=O) groups excluding carboxylic acids is 2. The van der Waals surface area contributed by atoms with Gasteiger partial charge in [-0.25, -0.2) is 0 Å². The van der Waals surface area contributed by atoms with E-state index in [0.29, 0.717) is 10.7 Å². The molecule has 0 aliphatic heterocycles. The molecular weight excluding hydrogens is 336 g/mol. The van der Waals surface area contributed by atoms with Gasteiger partial charge in [-0.15, -0.1) is 0 Å². The third-order valence-electron chi connectivity index (χ3n) is 4.04. The number of amides is 2. The topological polar surface area (TPSA) is 49.4 Å². The van der Waals surface area contributed by atoms with Crippen LogP contribution in [0.15, 0.2) is 30.3 Å². The Kier molecular flexibility index (Phi) is 5.85. The predicted molar refractivity (Wildman–Crippen MR) is 103 cm³/mol. The third kappa shape index (κ3) is 4.60. The van der Waals surface area contributed by atoms with Gasteiger partial charge in [-0.1, -0.05) is 35.4 Å². The van der Waals surface area contributed by atoms with Crippen LogP contribution in [0.25, 0.3) is 0 Å². The molecule has 0 bridgehead atoms. The maximum atomic E-state index is 12.4. The first kappa shape index (κ1) is 19.0. The van der Waals surface area contributed by atoms with Crippen molar-refractivity contribution in [2.45, 2.75) is 34.6 Å². The Hall–Kier alpha value is -2.33. The van der Waals surface area contributed by atoms with Crippen LogP contribution >= 0.6 is 11.6 Å². The Bertz CT molecular complexity index is 807. The molecule has 0 aliphatic rings. The molecule has 0 spiro atoms. The van der Waals surface area contributed by atoms with Gasteiger partial charge in [0, 0.05) is 17.6 Å². The predicted octanol–water partition coefficient (Wildman–Crippen LogP) is 4.57. The summed E-state index contributed by atoms with van der Waals surface area (Å²) in [6.45, 7) is 9.22. The van der Waals surface area contributed by atoms with E-state index in [0.717, 1.165) is 27.9 Å². The maximum Gasteiger partial charge on any atom is 0.244 e. The van der Waals surface area contributed by atoms with Gasteiger partial charge in [-0.2, -0.15) is 0 Å². The van der Waals surface area contributed by atoms with Crippen LogP contribution in [0.1, 0.15) is 29.2 Å². The molecule has 0 unspecified atom stereocenters. The highest BCUT2D eigenvalue weighted by Gasteiger charge is 2.20. The molecule has 0 saturated heterocycles. The molecule has 0 aliphatic carbocycles. The first-order valence-corrected chi connectivity index (χ1v) is 8.48. The van der Waals surface area contributed by atoms with Crippen LogP contribution in [0.5, 0.6) is 0 Å². The zero-order valence-corrected chi connectivity index (χ0v) is 16.0. The summed E-state index contributed by atoms with van der Waals surface area (Å²) in [7, 11) is 0. The lowest BCUT2D eigenvalue weighted by molar-refractivity contribution is -0.120. The van der Waals surface area contributed by atoms with Gasteiger partial charge < -0.3 is 10.2 Å². The normalized spacial score (nSPS) is 10.5. The van der Waals surface area contributed by atoms with Crippen LogP contribution < -0.4 is 10.2 Å². The Morgan fingerprint density at radius 3 is 2.12 bits per heavy atom. The summed E-state index contributed by atoms with van der Waals surface area (Å²) in [4.78, 5) is 26.1. The highest BCUT2D eigenvalue weighted by Crippen LogP contribution is 2.27. The van der Waals surface area contributed by atoms with Crippen LogP contribution in [0.4, 0.5) is 11.4 Å². The Labute approximate surface area is 153 Å². The van der Waals surface area contributed by atoms with Gasteiger partial charge in [0.2, 0.25) is 11.8 Å². The van der Waals surface area contributed by atoms with Gasteiger partial charge in [0.25, 0.3) is 0 Å². The second-order valence-corrected chi connectivity index (χ2v) is 6.77. The van der Waals surface area contributed by atoms with Gasteiger partial charge in [-0.05, 0) is 56.5 Å². The lowest BCUT2D eigenvalue weighted by Gasteiger charge is -2.25. The number of aryl methyl sites for hydroxylation is 4. The van der Waals surface area contributed by atoms with E-state index in [4.69, 9.17) is 11.6 Å². The number of hydrogen-bond donors (Lipinski definition) is 1. The molecule has 0 saturated carbocycles. The van der Waals surface area contributed by atoms with Crippen molar-refractivity contribution in [1.29, 1.82) is 0 Å². The molecular formula is C20H23ClN2O2. The first-order valence-electron chi connectivity index (χ1n) is 8.11. The van der Waals surface area contributed by atoms with Crippen molar-refractivity contribution in [2.75, 3.05) is 16.8 Å². The highest BCUT2D eigenvalue weighted by molar-refractivity contribution is 6.31. The number of hydrogen-bond acceptors (Lipinski definition) is 2. The quantitative estimate of drug-likeness (QED) is 0.870. The van der Waals surface area contributed by atoms with E-state index >= 15 is 0 Å². The largest absolute Gasteiger partial charge is 0.324 e. The molecule has 0 aromatic heterocycles. The molecule has 2 amide bonds. The minimum Gasteiger partial charge on any atom is -0.324 e. The van der Waals surface area contributed by atoms with E-state index in [1.807, 2.05) is 45.9 Å². The summed E-state index contributed by atoms with van der Waals surface area (Å²) in [6.07, 6.45) is 0. The summed E-state index contributed by atoms with van der Waals surface area (Å²) < 4.78 is 0. The van der Waals surface area contributed by atoms with E-state index in [1.165, 1.54) is 11.8 Å². The van der Waals surface area contributed by atoms with Crippen molar-refractivity contribution in [3.8, 4) is 0 Å². The summed E-state index contributed by atoms with van der Waals surface area (Å²) in [5, 5.41) is 3.39. The molecule has 5 heteroatoms. The van der Waals surface area contributed by atoms with Crippen LogP contribution in [-0.2, 0) is 9.59 Å². The zero-order valence-electron chi connectivity index (χ0n) is 15.2. The smallest absolute Gasteiger partial charge is 0.244 e. The molecule has 0 heterocycles. The monoisotopic (exact) mass is 358 g/mol. The molecule has 2 rings (SSSR count). The van der Waals surface area contributed by atoms with Crippen molar-refractivity contribution < 1.29 is 9.59 Å². The SMILES string of the molecule is CC(=O)N(CC(=O)Nc1ccc(C)c(Cl)c1)c1c(C)cc(C)cc1C. The van der Waals surface area contributed by atoms with Crippen molar-refractivity contribution in [2.24, 2.45) is 0 Å². The number of rotatable bonds is 4. The molecule has 132 valence electrons. The standard InChI is InChI=1S/C20H23ClN2O2/c1-12-8-14(3)20(15(4)9-12)23(16(5)24)11-19(25)22-17-7-6-13(2)18(21)10-17/h6-10H,11H2,1-5H3,(H,22,25). The molecule has 4 nitrogen and oxygen atoms in total. The molecule has 25 heavy (non-hydrogen) atoms. The van der Waals surface area contributed by atoms with Crippen LogP contribution in [0, 0.1) is 27.7 Å². The van der Waals surface area contributed by atoms with Gasteiger partial charge in [0.15, 0.2) is 0 Å². The highest BCUT2D eigenvalue weighted by atomic mass is 35.5. The first-order chi connectivity index (χ1) is 11.7. The molecule has 0 fully saturated rings. The van der Waals surface area contributed by atoms with Gasteiger partial charge >= 0.3 is 0 Å². The number of carbonyl (C=O) groups is 2. The van der Waals surface area contributed by atoms with Crippen LogP contribution in [0.2, 0.25) is 5.02 Å².